The largest absolute Gasteiger partial charge is 0.484 e. The van der Waals surface area contributed by atoms with Gasteiger partial charge < -0.3 is 24.8 Å². The fourth-order valence-electron chi connectivity index (χ4n) is 4.25. The van der Waals surface area contributed by atoms with Crippen LogP contribution in [0.2, 0.25) is 5.02 Å². The molecule has 2 aromatic carbocycles. The summed E-state index contributed by atoms with van der Waals surface area (Å²) in [5.74, 6) is 0.645. The van der Waals surface area contributed by atoms with Crippen LogP contribution in [-0.2, 0) is 25.9 Å². The third kappa shape index (κ3) is 7.16. The Labute approximate surface area is 213 Å². The van der Waals surface area contributed by atoms with E-state index in [-0.39, 0.29) is 30.2 Å². The molecule has 3 N–H and O–H groups in total. The predicted molar refractivity (Wildman–Crippen MR) is 138 cm³/mol. The topological polar surface area (TPSA) is 103 Å². The number of rotatable bonds is 13. The molecule has 0 heterocycles. The van der Waals surface area contributed by atoms with Crippen molar-refractivity contribution in [3.63, 3.8) is 0 Å². The molecule has 0 aliphatic heterocycles. The molecule has 0 aromatic heterocycles. The van der Waals surface area contributed by atoms with Gasteiger partial charge in [0.1, 0.15) is 11.9 Å². The van der Waals surface area contributed by atoms with Crippen LogP contribution in [0.5, 0.6) is 5.75 Å². The lowest BCUT2D eigenvalue weighted by atomic mass is 10.0. The summed E-state index contributed by atoms with van der Waals surface area (Å²) >= 11 is 6.35. The van der Waals surface area contributed by atoms with Crippen molar-refractivity contribution < 1.29 is 22.6 Å². The molecule has 2 aromatic rings. The lowest BCUT2D eigenvalue weighted by molar-refractivity contribution is 0.0530. The number of nitrogens with two attached hydrogens (primary N) is 1. The number of aryl methyl sites for hydroxylation is 2. The summed E-state index contributed by atoms with van der Waals surface area (Å²) in [6, 6.07) is 9.01. The zero-order valence-corrected chi connectivity index (χ0v) is 22.4. The molecular weight excluding hydrogens is 490 g/mol. The maximum absolute atomic E-state index is 12.7. The monoisotopic (exact) mass is 525 g/mol. The molecule has 194 valence electrons. The quantitative estimate of drug-likeness (QED) is 0.387. The highest BCUT2D eigenvalue weighted by Crippen LogP contribution is 2.41. The zero-order chi connectivity index (χ0) is 25.6. The first-order valence-electron chi connectivity index (χ1n) is 11.7. The number of nitrogens with one attached hydrogen (secondary N) is 1. The van der Waals surface area contributed by atoms with Crippen molar-refractivity contribution in [1.29, 1.82) is 0 Å². The Hall–Kier alpha value is -1.72. The van der Waals surface area contributed by atoms with Crippen LogP contribution in [0.15, 0.2) is 35.2 Å². The molecule has 0 fully saturated rings. The second-order valence-electron chi connectivity index (χ2n) is 8.90. The zero-order valence-electron chi connectivity index (χ0n) is 20.8. The molecule has 3 rings (SSSR count). The van der Waals surface area contributed by atoms with E-state index in [4.69, 9.17) is 31.5 Å². The standard InChI is InChI=1S/C25H36ClN3O5S/c1-17-13-19(26)15-22-21(17)16-23(29(3)4)25(22)34-24-6-5-20(14-18(24)2)35(30,31)28-8-10-33-12-11-32-9-7-27/h5-6,13-15,23,25,28H,7-12,16,27H2,1-4H3/t23?,25-/m0/s1. The van der Waals surface area contributed by atoms with Crippen molar-refractivity contribution >= 4 is 21.6 Å². The number of hydrogen-bond donors (Lipinski definition) is 2. The number of nitrogens with zero attached hydrogens (tertiary/aromatic N) is 1. The minimum absolute atomic E-state index is 0.146. The Morgan fingerprint density at radius 1 is 1.06 bits per heavy atom. The Bertz CT molecular complexity index is 1110. The number of benzene rings is 2. The van der Waals surface area contributed by atoms with Gasteiger partial charge in [0.2, 0.25) is 10.0 Å². The SMILES string of the molecule is Cc1cc(S(=O)(=O)NCCOCCOCCN)ccc1O[C@H]1c2cc(Cl)cc(C)c2CC1N(C)C. The average Bonchev–Trinajstić information content (AvgIpc) is 3.15. The number of sulfonamides is 1. The highest BCUT2D eigenvalue weighted by molar-refractivity contribution is 7.89. The molecule has 0 amide bonds. The fraction of sp³-hybridized carbons (Fsp3) is 0.520. The molecule has 1 aliphatic rings. The predicted octanol–water partition coefficient (Wildman–Crippen LogP) is 2.83. The second kappa shape index (κ2) is 12.5. The molecule has 1 unspecified atom stereocenters. The van der Waals surface area contributed by atoms with Crippen molar-refractivity contribution in [1.82, 2.24) is 9.62 Å². The molecule has 0 saturated heterocycles. The minimum Gasteiger partial charge on any atom is -0.484 e. The first kappa shape index (κ1) is 27.9. The number of ether oxygens (including phenoxy) is 3. The fourth-order valence-corrected chi connectivity index (χ4v) is 5.62. The van der Waals surface area contributed by atoms with E-state index in [1.54, 1.807) is 18.2 Å². The van der Waals surface area contributed by atoms with Gasteiger partial charge in [-0.3, -0.25) is 0 Å². The molecular formula is C25H36ClN3O5S. The highest BCUT2D eigenvalue weighted by atomic mass is 35.5. The summed E-state index contributed by atoms with van der Waals surface area (Å²) in [7, 11) is 0.402. The molecule has 0 spiro atoms. The molecule has 2 atom stereocenters. The Morgan fingerprint density at radius 2 is 1.77 bits per heavy atom. The van der Waals surface area contributed by atoms with Crippen LogP contribution in [0, 0.1) is 13.8 Å². The maximum atomic E-state index is 12.7. The van der Waals surface area contributed by atoms with E-state index >= 15 is 0 Å². The second-order valence-corrected chi connectivity index (χ2v) is 11.1. The summed E-state index contributed by atoms with van der Waals surface area (Å²) < 4.78 is 45.1. The van der Waals surface area contributed by atoms with Crippen molar-refractivity contribution in [3.05, 3.63) is 57.6 Å². The van der Waals surface area contributed by atoms with Crippen molar-refractivity contribution in [2.24, 2.45) is 5.73 Å². The first-order valence-corrected chi connectivity index (χ1v) is 13.6. The summed E-state index contributed by atoms with van der Waals surface area (Å²) in [6.07, 6.45) is 0.662. The van der Waals surface area contributed by atoms with Gasteiger partial charge in [0.15, 0.2) is 0 Å². The lowest BCUT2D eigenvalue weighted by Gasteiger charge is -2.28. The maximum Gasteiger partial charge on any atom is 0.240 e. The van der Waals surface area contributed by atoms with Gasteiger partial charge in [-0.15, -0.1) is 0 Å². The third-order valence-corrected chi connectivity index (χ3v) is 7.77. The molecule has 35 heavy (non-hydrogen) atoms. The van der Waals surface area contributed by atoms with Gasteiger partial charge in [0.25, 0.3) is 0 Å². The normalized spacial score (nSPS) is 17.7. The van der Waals surface area contributed by atoms with E-state index in [0.29, 0.717) is 37.1 Å². The van der Waals surface area contributed by atoms with Crippen LogP contribution in [0.3, 0.4) is 0 Å². The summed E-state index contributed by atoms with van der Waals surface area (Å²) in [5, 5.41) is 0.686. The molecule has 0 radical (unpaired) electrons. The molecule has 0 bridgehead atoms. The van der Waals surface area contributed by atoms with Crippen LogP contribution in [0.25, 0.3) is 0 Å². The average molecular weight is 526 g/mol. The van der Waals surface area contributed by atoms with E-state index in [9.17, 15) is 8.42 Å². The Kier molecular flexibility index (Phi) is 9.94. The molecule has 1 aliphatic carbocycles. The minimum atomic E-state index is -3.67. The summed E-state index contributed by atoms with van der Waals surface area (Å²) in [6.45, 7) is 6.08. The number of fused-ring (bicyclic) bond motifs is 1. The van der Waals surface area contributed by atoms with Gasteiger partial charge in [-0.25, -0.2) is 13.1 Å². The van der Waals surface area contributed by atoms with Gasteiger partial charge in [0.05, 0.1) is 37.4 Å². The van der Waals surface area contributed by atoms with Crippen LogP contribution in [0.1, 0.15) is 28.4 Å². The van der Waals surface area contributed by atoms with E-state index < -0.39 is 10.0 Å². The van der Waals surface area contributed by atoms with Gasteiger partial charge in [0, 0.05) is 18.1 Å². The number of halogens is 1. The Morgan fingerprint density at radius 3 is 2.43 bits per heavy atom. The van der Waals surface area contributed by atoms with Crippen LogP contribution in [-0.4, -0.2) is 73.0 Å². The number of likely N-dealkylation sites (N-methyl/N-ethyl adjacent to an activating group) is 1. The van der Waals surface area contributed by atoms with Gasteiger partial charge in [-0.2, -0.15) is 0 Å². The lowest BCUT2D eigenvalue weighted by Crippen LogP contribution is -2.34. The van der Waals surface area contributed by atoms with Crippen LogP contribution in [0.4, 0.5) is 0 Å². The van der Waals surface area contributed by atoms with Crippen LogP contribution >= 0.6 is 11.6 Å². The first-order chi connectivity index (χ1) is 16.6. The highest BCUT2D eigenvalue weighted by Gasteiger charge is 2.37. The Balaban J connectivity index is 1.66. The van der Waals surface area contributed by atoms with Gasteiger partial charge in [-0.05, 0) is 86.9 Å². The van der Waals surface area contributed by atoms with E-state index in [0.717, 1.165) is 23.1 Å². The van der Waals surface area contributed by atoms with E-state index in [1.165, 1.54) is 5.56 Å². The van der Waals surface area contributed by atoms with E-state index in [1.807, 2.05) is 33.2 Å². The van der Waals surface area contributed by atoms with Crippen molar-refractivity contribution in [3.8, 4) is 5.75 Å². The van der Waals surface area contributed by atoms with Crippen molar-refractivity contribution in [2.45, 2.75) is 37.3 Å². The van der Waals surface area contributed by atoms with Crippen molar-refractivity contribution in [2.75, 3.05) is 53.6 Å². The van der Waals surface area contributed by atoms with Gasteiger partial charge in [-0.1, -0.05) is 11.6 Å². The number of hydrogen-bond acceptors (Lipinski definition) is 7. The molecule has 8 nitrogen and oxygen atoms in total. The summed E-state index contributed by atoms with van der Waals surface area (Å²) in [5.41, 5.74) is 9.58. The van der Waals surface area contributed by atoms with Crippen LogP contribution < -0.4 is 15.2 Å². The van der Waals surface area contributed by atoms with E-state index in [2.05, 4.69) is 16.5 Å². The summed E-state index contributed by atoms with van der Waals surface area (Å²) in [4.78, 5) is 2.34. The third-order valence-electron chi connectivity index (χ3n) is 6.09. The molecule has 10 heteroatoms. The van der Waals surface area contributed by atoms with Gasteiger partial charge >= 0.3 is 0 Å². The smallest absolute Gasteiger partial charge is 0.240 e. The molecule has 0 saturated carbocycles.